The molecule has 5 nitrogen and oxygen atoms in total. The predicted molar refractivity (Wildman–Crippen MR) is 80.8 cm³/mol. The van der Waals surface area contributed by atoms with Gasteiger partial charge in [0, 0.05) is 32.3 Å². The van der Waals surface area contributed by atoms with Gasteiger partial charge in [-0.3, -0.25) is 9.59 Å². The Morgan fingerprint density at radius 1 is 1.24 bits per heavy atom. The van der Waals surface area contributed by atoms with Crippen molar-refractivity contribution < 1.29 is 14.3 Å². The van der Waals surface area contributed by atoms with E-state index in [-0.39, 0.29) is 24.5 Å². The lowest BCUT2D eigenvalue weighted by molar-refractivity contribution is -0.138. The molecule has 2 aliphatic heterocycles. The van der Waals surface area contributed by atoms with Crippen LogP contribution in [0.3, 0.4) is 0 Å². The van der Waals surface area contributed by atoms with E-state index in [1.54, 1.807) is 11.0 Å². The molecule has 2 aliphatic rings. The van der Waals surface area contributed by atoms with Gasteiger partial charge in [0.15, 0.2) is 0 Å². The van der Waals surface area contributed by atoms with Crippen molar-refractivity contribution in [2.45, 2.75) is 45.6 Å². The highest BCUT2D eigenvalue weighted by Gasteiger charge is 2.26. The van der Waals surface area contributed by atoms with Gasteiger partial charge in [-0.1, -0.05) is 5.57 Å². The zero-order valence-corrected chi connectivity index (χ0v) is 13.1. The summed E-state index contributed by atoms with van der Waals surface area (Å²) in [6, 6.07) is 0. The van der Waals surface area contributed by atoms with Gasteiger partial charge in [0.05, 0.1) is 6.10 Å². The zero-order chi connectivity index (χ0) is 15.2. The lowest BCUT2D eigenvalue weighted by Crippen LogP contribution is -2.44. The third-order valence-corrected chi connectivity index (χ3v) is 3.96. The minimum Gasteiger partial charge on any atom is -0.376 e. The molecule has 0 unspecified atom stereocenters. The van der Waals surface area contributed by atoms with Crippen molar-refractivity contribution in [2.24, 2.45) is 0 Å². The summed E-state index contributed by atoms with van der Waals surface area (Å²) in [7, 11) is 0. The van der Waals surface area contributed by atoms with Crippen LogP contribution in [0.5, 0.6) is 0 Å². The molecule has 0 saturated carbocycles. The van der Waals surface area contributed by atoms with Crippen LogP contribution in [-0.2, 0) is 14.3 Å². The molecule has 0 aliphatic carbocycles. The molecule has 2 fully saturated rings. The molecular formula is C16H26N2O3. The van der Waals surface area contributed by atoms with Crippen LogP contribution in [0.2, 0.25) is 0 Å². The van der Waals surface area contributed by atoms with Crippen molar-refractivity contribution in [1.82, 2.24) is 9.80 Å². The Kier molecular flexibility index (Phi) is 5.79. The van der Waals surface area contributed by atoms with Gasteiger partial charge in [-0.15, -0.1) is 0 Å². The molecule has 21 heavy (non-hydrogen) atoms. The number of carbonyl (C=O) groups excluding carboxylic acids is 2. The number of ether oxygens (including phenoxy) is 1. The van der Waals surface area contributed by atoms with Gasteiger partial charge >= 0.3 is 0 Å². The molecule has 0 spiro atoms. The van der Waals surface area contributed by atoms with Crippen LogP contribution < -0.4 is 0 Å². The van der Waals surface area contributed by atoms with Crippen LogP contribution in [0.4, 0.5) is 0 Å². The van der Waals surface area contributed by atoms with Crippen LogP contribution in [0, 0.1) is 0 Å². The van der Waals surface area contributed by atoms with Gasteiger partial charge in [-0.2, -0.15) is 0 Å². The molecule has 0 aromatic carbocycles. The number of rotatable bonds is 5. The molecule has 2 saturated heterocycles. The third kappa shape index (κ3) is 4.84. The maximum Gasteiger partial charge on any atom is 0.247 e. The summed E-state index contributed by atoms with van der Waals surface area (Å²) in [5.74, 6) is -0.0287. The van der Waals surface area contributed by atoms with Crippen LogP contribution >= 0.6 is 0 Å². The predicted octanol–water partition coefficient (Wildman–Crippen LogP) is 1.58. The van der Waals surface area contributed by atoms with Crippen molar-refractivity contribution in [1.29, 1.82) is 0 Å². The second-order valence-electron chi connectivity index (χ2n) is 6.16. The van der Waals surface area contributed by atoms with E-state index in [1.165, 1.54) is 0 Å². The summed E-state index contributed by atoms with van der Waals surface area (Å²) in [5.41, 5.74) is 0.950. The quantitative estimate of drug-likeness (QED) is 0.723. The fourth-order valence-electron chi connectivity index (χ4n) is 2.83. The van der Waals surface area contributed by atoms with Gasteiger partial charge < -0.3 is 14.5 Å². The summed E-state index contributed by atoms with van der Waals surface area (Å²) in [6.07, 6.45) is 5.82. The molecular weight excluding hydrogens is 268 g/mol. The van der Waals surface area contributed by atoms with Gasteiger partial charge in [-0.25, -0.2) is 0 Å². The first-order chi connectivity index (χ1) is 10.1. The SMILES string of the molecule is CC(C)=CC(=O)N(CC(=O)N1CCCC1)C[C@H]1CCCO1. The second kappa shape index (κ2) is 7.59. The van der Waals surface area contributed by atoms with E-state index in [2.05, 4.69) is 0 Å². The summed E-state index contributed by atoms with van der Waals surface area (Å²) in [5, 5.41) is 0. The summed E-state index contributed by atoms with van der Waals surface area (Å²) in [4.78, 5) is 28.1. The molecule has 1 atom stereocenters. The first-order valence-electron chi connectivity index (χ1n) is 7.89. The molecule has 0 bridgehead atoms. The molecule has 2 rings (SSSR count). The fraction of sp³-hybridized carbons (Fsp3) is 0.750. The summed E-state index contributed by atoms with van der Waals surface area (Å²) < 4.78 is 5.61. The third-order valence-electron chi connectivity index (χ3n) is 3.96. The maximum atomic E-state index is 12.3. The Morgan fingerprint density at radius 3 is 2.52 bits per heavy atom. The number of hydrogen-bond donors (Lipinski definition) is 0. The fourth-order valence-corrected chi connectivity index (χ4v) is 2.83. The first-order valence-corrected chi connectivity index (χ1v) is 7.89. The molecule has 0 radical (unpaired) electrons. The van der Waals surface area contributed by atoms with Crippen LogP contribution in [0.25, 0.3) is 0 Å². The van der Waals surface area contributed by atoms with Gasteiger partial charge in [-0.05, 0) is 39.5 Å². The number of amides is 2. The van der Waals surface area contributed by atoms with E-state index in [1.807, 2.05) is 18.7 Å². The number of allylic oxidation sites excluding steroid dienone is 1. The number of nitrogens with zero attached hydrogens (tertiary/aromatic N) is 2. The number of likely N-dealkylation sites (tertiary alicyclic amines) is 1. The second-order valence-corrected chi connectivity index (χ2v) is 6.16. The van der Waals surface area contributed by atoms with E-state index < -0.39 is 0 Å². The molecule has 2 amide bonds. The average Bonchev–Trinajstić information content (AvgIpc) is 3.10. The van der Waals surface area contributed by atoms with Crippen LogP contribution in [0.1, 0.15) is 39.5 Å². The Hall–Kier alpha value is -1.36. The standard InChI is InChI=1S/C16H26N2O3/c1-13(2)10-15(19)18(11-14-6-5-9-21-14)12-16(20)17-7-3-4-8-17/h10,14H,3-9,11-12H2,1-2H3/t14-/m1/s1. The van der Waals surface area contributed by atoms with E-state index in [4.69, 9.17) is 4.74 Å². The van der Waals surface area contributed by atoms with Crippen LogP contribution in [0.15, 0.2) is 11.6 Å². The van der Waals surface area contributed by atoms with E-state index in [9.17, 15) is 9.59 Å². The minimum absolute atomic E-state index is 0.0565. The van der Waals surface area contributed by atoms with Gasteiger partial charge in [0.25, 0.3) is 0 Å². The average molecular weight is 294 g/mol. The highest BCUT2D eigenvalue weighted by molar-refractivity contribution is 5.91. The highest BCUT2D eigenvalue weighted by Crippen LogP contribution is 2.15. The van der Waals surface area contributed by atoms with E-state index in [0.29, 0.717) is 6.54 Å². The molecule has 0 aromatic rings. The topological polar surface area (TPSA) is 49.9 Å². The Balaban J connectivity index is 1.97. The largest absolute Gasteiger partial charge is 0.376 e. The van der Waals surface area contributed by atoms with Crippen molar-refractivity contribution in [3.63, 3.8) is 0 Å². The van der Waals surface area contributed by atoms with Crippen molar-refractivity contribution in [3.8, 4) is 0 Å². The highest BCUT2D eigenvalue weighted by atomic mass is 16.5. The van der Waals surface area contributed by atoms with Crippen molar-refractivity contribution in [3.05, 3.63) is 11.6 Å². The zero-order valence-electron chi connectivity index (χ0n) is 13.1. The minimum atomic E-state index is -0.0851. The lowest BCUT2D eigenvalue weighted by atomic mass is 10.2. The Labute approximate surface area is 126 Å². The Morgan fingerprint density at radius 2 is 1.95 bits per heavy atom. The first kappa shape index (κ1) is 16.0. The normalized spacial score (nSPS) is 21.4. The molecule has 5 heteroatoms. The number of hydrogen-bond acceptors (Lipinski definition) is 3. The Bertz CT molecular complexity index is 404. The monoisotopic (exact) mass is 294 g/mol. The molecule has 2 heterocycles. The van der Waals surface area contributed by atoms with Crippen molar-refractivity contribution >= 4 is 11.8 Å². The van der Waals surface area contributed by atoms with E-state index >= 15 is 0 Å². The van der Waals surface area contributed by atoms with Gasteiger partial charge in [0.2, 0.25) is 11.8 Å². The van der Waals surface area contributed by atoms with Crippen LogP contribution in [-0.4, -0.2) is 60.5 Å². The van der Waals surface area contributed by atoms with E-state index in [0.717, 1.165) is 51.0 Å². The lowest BCUT2D eigenvalue weighted by Gasteiger charge is -2.26. The molecule has 0 aromatic heterocycles. The smallest absolute Gasteiger partial charge is 0.247 e. The number of carbonyl (C=O) groups is 2. The molecule has 0 N–H and O–H groups in total. The summed E-state index contributed by atoms with van der Waals surface area (Å²) >= 11 is 0. The molecule has 118 valence electrons. The van der Waals surface area contributed by atoms with Crippen molar-refractivity contribution in [2.75, 3.05) is 32.8 Å². The van der Waals surface area contributed by atoms with Gasteiger partial charge in [0.1, 0.15) is 6.54 Å². The summed E-state index contributed by atoms with van der Waals surface area (Å²) in [6.45, 7) is 6.88. The maximum absolute atomic E-state index is 12.3.